The smallest absolute Gasteiger partial charge is 0.247 e. The molecule has 2 rings (SSSR count). The summed E-state index contributed by atoms with van der Waals surface area (Å²) in [5.74, 6) is 0.348. The maximum absolute atomic E-state index is 11.3. The van der Waals surface area contributed by atoms with Crippen molar-refractivity contribution in [1.82, 2.24) is 0 Å². The van der Waals surface area contributed by atoms with Crippen LogP contribution >= 0.6 is 0 Å². The normalized spacial score (nSPS) is 17.9. The molecule has 0 radical (unpaired) electrons. The van der Waals surface area contributed by atoms with Crippen LogP contribution < -0.4 is 5.73 Å². The fourth-order valence-corrected chi connectivity index (χ4v) is 2.22. The monoisotopic (exact) mass is 230 g/mol. The van der Waals surface area contributed by atoms with Crippen LogP contribution in [0.1, 0.15) is 37.3 Å². The summed E-state index contributed by atoms with van der Waals surface area (Å²) in [7, 11) is 0. The van der Waals surface area contributed by atoms with Gasteiger partial charge in [-0.1, -0.05) is 31.2 Å². The number of rotatable bonds is 3. The lowest BCUT2D eigenvalue weighted by atomic mass is 9.91. The second-order valence-electron chi connectivity index (χ2n) is 4.64. The van der Waals surface area contributed by atoms with Crippen LogP contribution in [0.2, 0.25) is 0 Å². The number of amidine groups is 1. The van der Waals surface area contributed by atoms with E-state index in [0.717, 1.165) is 12.8 Å². The molecule has 0 unspecified atom stereocenters. The van der Waals surface area contributed by atoms with Gasteiger partial charge >= 0.3 is 0 Å². The van der Waals surface area contributed by atoms with Gasteiger partial charge in [-0.05, 0) is 30.9 Å². The molecule has 0 aromatic heterocycles. The van der Waals surface area contributed by atoms with Gasteiger partial charge in [-0.15, -0.1) is 0 Å². The van der Waals surface area contributed by atoms with Crippen molar-refractivity contribution >= 4 is 11.7 Å². The van der Waals surface area contributed by atoms with Gasteiger partial charge in [0, 0.05) is 6.42 Å². The van der Waals surface area contributed by atoms with Crippen molar-refractivity contribution in [2.24, 2.45) is 10.7 Å². The number of aliphatic imine (C=N–C) groups is 1. The van der Waals surface area contributed by atoms with Crippen LogP contribution in [0.4, 0.5) is 0 Å². The Morgan fingerprint density at radius 1 is 1.41 bits per heavy atom. The van der Waals surface area contributed by atoms with E-state index in [4.69, 9.17) is 5.73 Å². The summed E-state index contributed by atoms with van der Waals surface area (Å²) in [6.45, 7) is 3.87. The number of nitrogens with two attached hydrogens (primary N) is 1. The summed E-state index contributed by atoms with van der Waals surface area (Å²) < 4.78 is 0. The Morgan fingerprint density at radius 3 is 2.59 bits per heavy atom. The molecule has 1 aromatic carbocycles. The number of carbonyl (C=O) groups is 1. The summed E-state index contributed by atoms with van der Waals surface area (Å²) in [6.07, 6.45) is 2.39. The highest BCUT2D eigenvalue weighted by atomic mass is 16.1. The summed E-state index contributed by atoms with van der Waals surface area (Å²) in [5.41, 5.74) is 8.28. The summed E-state index contributed by atoms with van der Waals surface area (Å²) in [6, 6.07) is 8.18. The predicted octanol–water partition coefficient (Wildman–Crippen LogP) is 2.32. The maximum Gasteiger partial charge on any atom is 0.247 e. The Kier molecular flexibility index (Phi) is 3.01. The third-order valence-electron chi connectivity index (χ3n) is 3.45. The average Bonchev–Trinajstić information content (AvgIpc) is 3.10. The molecular weight excluding hydrogens is 212 g/mol. The van der Waals surface area contributed by atoms with Crippen molar-refractivity contribution in [3.8, 4) is 0 Å². The van der Waals surface area contributed by atoms with Crippen molar-refractivity contribution in [3.63, 3.8) is 0 Å². The van der Waals surface area contributed by atoms with Crippen molar-refractivity contribution in [1.29, 1.82) is 0 Å². The van der Waals surface area contributed by atoms with Gasteiger partial charge in [-0.2, -0.15) is 4.99 Å². The lowest BCUT2D eigenvalue weighted by Gasteiger charge is -2.17. The second kappa shape index (κ2) is 4.32. The molecule has 1 aliphatic rings. The maximum atomic E-state index is 11.3. The van der Waals surface area contributed by atoms with E-state index >= 15 is 0 Å². The fourth-order valence-electron chi connectivity index (χ4n) is 2.22. The molecule has 0 saturated heterocycles. The van der Waals surface area contributed by atoms with Crippen LogP contribution in [0, 0.1) is 6.92 Å². The van der Waals surface area contributed by atoms with Crippen LogP contribution in [-0.4, -0.2) is 11.7 Å². The molecule has 1 fully saturated rings. The van der Waals surface area contributed by atoms with E-state index in [9.17, 15) is 4.79 Å². The molecule has 0 heterocycles. The first kappa shape index (κ1) is 11.8. The van der Waals surface area contributed by atoms with Crippen LogP contribution in [0.5, 0.6) is 0 Å². The topological polar surface area (TPSA) is 55.5 Å². The van der Waals surface area contributed by atoms with Crippen molar-refractivity contribution < 1.29 is 4.79 Å². The first-order valence-corrected chi connectivity index (χ1v) is 6.04. The number of benzene rings is 1. The molecule has 1 saturated carbocycles. The Morgan fingerprint density at radius 2 is 2.06 bits per heavy atom. The highest BCUT2D eigenvalue weighted by Gasteiger charge is 2.49. The van der Waals surface area contributed by atoms with Crippen LogP contribution in [0.15, 0.2) is 29.3 Å². The van der Waals surface area contributed by atoms with Gasteiger partial charge < -0.3 is 5.73 Å². The predicted molar refractivity (Wildman–Crippen MR) is 69.0 cm³/mol. The minimum absolute atomic E-state index is 0.137. The molecule has 90 valence electrons. The molecule has 1 aromatic rings. The highest BCUT2D eigenvalue weighted by Crippen LogP contribution is 2.49. The van der Waals surface area contributed by atoms with Crippen LogP contribution in [0.25, 0.3) is 0 Å². The molecule has 17 heavy (non-hydrogen) atoms. The Hall–Kier alpha value is -1.64. The summed E-state index contributed by atoms with van der Waals surface area (Å²) in [4.78, 5) is 15.3. The zero-order valence-electron chi connectivity index (χ0n) is 10.4. The average molecular weight is 230 g/mol. The number of amides is 1. The standard InChI is InChI=1S/C14H18N2O/c1-3-12(17)16-13(15)14(8-9-14)11-7-5-4-6-10(11)2/h4-7H,3,8-9H2,1-2H3,(H2,15,16,17). The largest absolute Gasteiger partial charge is 0.386 e. The van der Waals surface area contributed by atoms with Crippen LogP contribution in [0.3, 0.4) is 0 Å². The second-order valence-corrected chi connectivity index (χ2v) is 4.64. The summed E-state index contributed by atoms with van der Waals surface area (Å²) >= 11 is 0. The van der Waals surface area contributed by atoms with Gasteiger partial charge in [0.2, 0.25) is 5.91 Å². The van der Waals surface area contributed by atoms with E-state index in [1.54, 1.807) is 6.92 Å². The van der Waals surface area contributed by atoms with Gasteiger partial charge in [0.25, 0.3) is 0 Å². The van der Waals surface area contributed by atoms with Gasteiger partial charge in [0.1, 0.15) is 5.84 Å². The molecule has 2 N–H and O–H groups in total. The molecule has 1 amide bonds. The number of hydrogen-bond donors (Lipinski definition) is 1. The first-order chi connectivity index (χ1) is 8.10. The number of hydrogen-bond acceptors (Lipinski definition) is 1. The van der Waals surface area contributed by atoms with E-state index in [1.165, 1.54) is 11.1 Å². The SMILES string of the molecule is CCC(=O)N=C(N)C1(c2ccccc2C)CC1. The number of nitrogens with zero attached hydrogens (tertiary/aromatic N) is 1. The molecular formula is C14H18N2O. The number of carbonyl (C=O) groups excluding carboxylic acids is 1. The summed E-state index contributed by atoms with van der Waals surface area (Å²) in [5, 5.41) is 0. The minimum atomic E-state index is -0.170. The molecule has 3 nitrogen and oxygen atoms in total. The zero-order chi connectivity index (χ0) is 12.5. The van der Waals surface area contributed by atoms with E-state index in [-0.39, 0.29) is 11.3 Å². The fraction of sp³-hybridized carbons (Fsp3) is 0.429. The molecule has 0 aliphatic heterocycles. The van der Waals surface area contributed by atoms with E-state index < -0.39 is 0 Å². The van der Waals surface area contributed by atoms with Gasteiger partial charge in [-0.25, -0.2) is 0 Å². The molecule has 1 aliphatic carbocycles. The molecule has 3 heteroatoms. The zero-order valence-corrected chi connectivity index (χ0v) is 10.4. The Balaban J connectivity index is 2.35. The van der Waals surface area contributed by atoms with Crippen molar-refractivity contribution in [2.75, 3.05) is 0 Å². The quantitative estimate of drug-likeness (QED) is 0.640. The third kappa shape index (κ3) is 2.09. The molecule has 0 spiro atoms. The van der Waals surface area contributed by atoms with Crippen molar-refractivity contribution in [2.45, 2.75) is 38.5 Å². The van der Waals surface area contributed by atoms with Gasteiger partial charge in [-0.3, -0.25) is 4.79 Å². The van der Waals surface area contributed by atoms with E-state index in [0.29, 0.717) is 12.3 Å². The van der Waals surface area contributed by atoms with Gasteiger partial charge in [0.15, 0.2) is 0 Å². The molecule has 0 bridgehead atoms. The van der Waals surface area contributed by atoms with Gasteiger partial charge in [0.05, 0.1) is 5.41 Å². The van der Waals surface area contributed by atoms with E-state index in [2.05, 4.69) is 24.0 Å². The molecule has 0 atom stereocenters. The first-order valence-electron chi connectivity index (χ1n) is 6.04. The Labute approximate surface area is 102 Å². The van der Waals surface area contributed by atoms with Crippen LogP contribution in [-0.2, 0) is 10.2 Å². The Bertz CT molecular complexity index is 473. The lowest BCUT2D eigenvalue weighted by Crippen LogP contribution is -2.30. The van der Waals surface area contributed by atoms with E-state index in [1.807, 2.05) is 12.1 Å². The third-order valence-corrected chi connectivity index (χ3v) is 3.45. The lowest BCUT2D eigenvalue weighted by molar-refractivity contribution is -0.117. The number of aryl methyl sites for hydroxylation is 1. The highest BCUT2D eigenvalue weighted by molar-refractivity contribution is 6.01. The minimum Gasteiger partial charge on any atom is -0.386 e. The van der Waals surface area contributed by atoms with Crippen molar-refractivity contribution in [3.05, 3.63) is 35.4 Å².